The maximum Gasteiger partial charge on any atom is 0.149 e. The molecule has 0 aliphatic carbocycles. The SMILES string of the molecule is CC(N)CNCCCCOC(C)O[SiH3]. The molecule has 0 aromatic heterocycles. The van der Waals surface area contributed by atoms with E-state index in [9.17, 15) is 0 Å². The minimum atomic E-state index is -0.0290. The van der Waals surface area contributed by atoms with Gasteiger partial charge < -0.3 is 20.2 Å². The highest BCUT2D eigenvalue weighted by atomic mass is 28.2. The molecule has 0 saturated carbocycles. The molecule has 0 radical (unpaired) electrons. The van der Waals surface area contributed by atoms with Crippen molar-refractivity contribution in [1.29, 1.82) is 0 Å². The lowest BCUT2D eigenvalue weighted by Crippen LogP contribution is -2.31. The molecule has 2 atom stereocenters. The van der Waals surface area contributed by atoms with E-state index in [1.54, 1.807) is 0 Å². The van der Waals surface area contributed by atoms with Gasteiger partial charge in [0.05, 0.1) is 0 Å². The maximum atomic E-state index is 5.59. The van der Waals surface area contributed by atoms with Crippen LogP contribution in [0.15, 0.2) is 0 Å². The van der Waals surface area contributed by atoms with Crippen LogP contribution in [0.25, 0.3) is 0 Å². The van der Waals surface area contributed by atoms with Crippen molar-refractivity contribution in [3.05, 3.63) is 0 Å². The van der Waals surface area contributed by atoms with Gasteiger partial charge in [-0.15, -0.1) is 0 Å². The first-order chi connectivity index (χ1) is 6.66. The van der Waals surface area contributed by atoms with Crippen molar-refractivity contribution in [3.8, 4) is 0 Å². The molecular formula is C9H24N2O2Si. The minimum Gasteiger partial charge on any atom is -0.404 e. The lowest BCUT2D eigenvalue weighted by Gasteiger charge is -2.11. The Bertz CT molecular complexity index is 125. The van der Waals surface area contributed by atoms with Gasteiger partial charge in [0.15, 0.2) is 0 Å². The Morgan fingerprint density at radius 2 is 2.07 bits per heavy atom. The molecule has 0 bridgehead atoms. The molecule has 0 saturated heterocycles. The smallest absolute Gasteiger partial charge is 0.149 e. The molecule has 0 aliphatic rings. The van der Waals surface area contributed by atoms with Gasteiger partial charge in [-0.05, 0) is 33.2 Å². The van der Waals surface area contributed by atoms with Gasteiger partial charge in [-0.25, -0.2) is 0 Å². The van der Waals surface area contributed by atoms with E-state index in [0.29, 0.717) is 0 Å². The summed E-state index contributed by atoms with van der Waals surface area (Å²) in [5.41, 5.74) is 5.59. The second-order valence-electron chi connectivity index (χ2n) is 3.56. The normalized spacial score (nSPS) is 15.6. The number of ether oxygens (including phenoxy) is 1. The third-order valence-electron chi connectivity index (χ3n) is 1.90. The lowest BCUT2D eigenvalue weighted by molar-refractivity contribution is -0.0637. The summed E-state index contributed by atoms with van der Waals surface area (Å²) in [5, 5.41) is 3.28. The van der Waals surface area contributed by atoms with Crippen LogP contribution in [-0.2, 0) is 9.16 Å². The summed E-state index contributed by atoms with van der Waals surface area (Å²) >= 11 is 0. The zero-order valence-corrected chi connectivity index (χ0v) is 11.6. The van der Waals surface area contributed by atoms with Gasteiger partial charge in [0.1, 0.15) is 16.8 Å². The monoisotopic (exact) mass is 220 g/mol. The summed E-state index contributed by atoms with van der Waals surface area (Å²) in [4.78, 5) is 0. The van der Waals surface area contributed by atoms with Crippen molar-refractivity contribution in [1.82, 2.24) is 5.32 Å². The van der Waals surface area contributed by atoms with Crippen molar-refractivity contribution >= 4 is 10.5 Å². The molecule has 4 nitrogen and oxygen atoms in total. The molecule has 14 heavy (non-hydrogen) atoms. The number of unbranched alkanes of at least 4 members (excludes halogenated alkanes) is 1. The number of nitrogens with two attached hydrogens (primary N) is 1. The molecule has 0 aromatic carbocycles. The van der Waals surface area contributed by atoms with Gasteiger partial charge in [0.25, 0.3) is 0 Å². The molecule has 0 aliphatic heterocycles. The van der Waals surface area contributed by atoms with Gasteiger partial charge in [0.2, 0.25) is 0 Å². The van der Waals surface area contributed by atoms with Gasteiger partial charge in [-0.1, -0.05) is 0 Å². The van der Waals surface area contributed by atoms with E-state index in [-0.39, 0.29) is 12.3 Å². The molecule has 2 unspecified atom stereocenters. The number of hydrogen-bond donors (Lipinski definition) is 2. The van der Waals surface area contributed by atoms with Crippen LogP contribution >= 0.6 is 0 Å². The average Bonchev–Trinajstić information content (AvgIpc) is 2.15. The molecule has 0 spiro atoms. The van der Waals surface area contributed by atoms with Crippen LogP contribution in [0, 0.1) is 0 Å². The molecule has 0 heterocycles. The second-order valence-corrected chi connectivity index (χ2v) is 4.03. The van der Waals surface area contributed by atoms with Gasteiger partial charge >= 0.3 is 0 Å². The summed E-state index contributed by atoms with van der Waals surface area (Å²) in [5.74, 6) is 0. The summed E-state index contributed by atoms with van der Waals surface area (Å²) in [6.45, 7) is 6.62. The molecule has 86 valence electrons. The van der Waals surface area contributed by atoms with Crippen LogP contribution in [0.1, 0.15) is 26.7 Å². The summed E-state index contributed by atoms with van der Waals surface area (Å²) in [6.07, 6.45) is 2.17. The summed E-state index contributed by atoms with van der Waals surface area (Å²) in [6, 6.07) is 0.240. The molecule has 0 amide bonds. The first kappa shape index (κ1) is 14.1. The summed E-state index contributed by atoms with van der Waals surface area (Å²) in [7, 11) is 0.740. The standard InChI is InChI=1S/C9H24N2O2Si/c1-8(10)7-11-5-3-4-6-12-9(2)13-14/h8-9,11H,3-7,10H2,1-2,14H3. The van der Waals surface area contributed by atoms with Gasteiger partial charge in [-0.2, -0.15) is 0 Å². The van der Waals surface area contributed by atoms with Crippen LogP contribution in [-0.4, -0.2) is 42.5 Å². The van der Waals surface area contributed by atoms with Crippen molar-refractivity contribution in [2.45, 2.75) is 39.0 Å². The predicted octanol–water partition coefficient (Wildman–Crippen LogP) is -0.637. The molecule has 3 N–H and O–H groups in total. The Labute approximate surface area is 90.1 Å². The third-order valence-corrected chi connectivity index (χ3v) is 2.56. The Kier molecular flexibility index (Phi) is 9.64. The van der Waals surface area contributed by atoms with E-state index in [2.05, 4.69) is 5.32 Å². The number of hydrogen-bond acceptors (Lipinski definition) is 4. The van der Waals surface area contributed by atoms with E-state index < -0.39 is 0 Å². The highest BCUT2D eigenvalue weighted by Crippen LogP contribution is 1.94. The Morgan fingerprint density at radius 3 is 2.64 bits per heavy atom. The van der Waals surface area contributed by atoms with E-state index in [4.69, 9.17) is 14.9 Å². The second kappa shape index (κ2) is 9.61. The van der Waals surface area contributed by atoms with Crippen molar-refractivity contribution in [2.24, 2.45) is 5.73 Å². The largest absolute Gasteiger partial charge is 0.404 e. The number of rotatable bonds is 9. The Hall–Kier alpha value is 0.0569. The number of nitrogens with one attached hydrogen (secondary N) is 1. The van der Waals surface area contributed by atoms with E-state index in [0.717, 1.165) is 43.0 Å². The van der Waals surface area contributed by atoms with Gasteiger partial charge in [0, 0.05) is 19.2 Å². The van der Waals surface area contributed by atoms with Crippen LogP contribution in [0.4, 0.5) is 0 Å². The third kappa shape index (κ3) is 10.1. The van der Waals surface area contributed by atoms with E-state index >= 15 is 0 Å². The Morgan fingerprint density at radius 1 is 1.36 bits per heavy atom. The molecule has 0 rings (SSSR count). The van der Waals surface area contributed by atoms with Crippen molar-refractivity contribution in [3.63, 3.8) is 0 Å². The molecule has 0 aromatic rings. The highest BCUT2D eigenvalue weighted by molar-refractivity contribution is 5.98. The topological polar surface area (TPSA) is 56.5 Å². The van der Waals surface area contributed by atoms with Crippen molar-refractivity contribution < 1.29 is 9.16 Å². The van der Waals surface area contributed by atoms with Gasteiger partial charge in [-0.3, -0.25) is 0 Å². The first-order valence-corrected chi connectivity index (χ1v) is 6.09. The highest BCUT2D eigenvalue weighted by Gasteiger charge is 1.97. The molecule has 0 fully saturated rings. The zero-order chi connectivity index (χ0) is 10.8. The Balaban J connectivity index is 2.99. The predicted molar refractivity (Wildman–Crippen MR) is 62.2 cm³/mol. The molecular weight excluding hydrogens is 196 g/mol. The fourth-order valence-electron chi connectivity index (χ4n) is 0.999. The van der Waals surface area contributed by atoms with Crippen LogP contribution in [0.2, 0.25) is 0 Å². The fraction of sp³-hybridized carbons (Fsp3) is 1.00. The van der Waals surface area contributed by atoms with Crippen LogP contribution in [0.3, 0.4) is 0 Å². The van der Waals surface area contributed by atoms with E-state index in [1.807, 2.05) is 13.8 Å². The van der Waals surface area contributed by atoms with Crippen LogP contribution < -0.4 is 11.1 Å². The maximum absolute atomic E-state index is 5.59. The zero-order valence-electron chi connectivity index (χ0n) is 9.58. The first-order valence-electron chi connectivity index (χ1n) is 5.27. The van der Waals surface area contributed by atoms with Crippen molar-refractivity contribution in [2.75, 3.05) is 19.7 Å². The minimum absolute atomic E-state index is 0.0290. The quantitative estimate of drug-likeness (QED) is 0.308. The van der Waals surface area contributed by atoms with Crippen LogP contribution in [0.5, 0.6) is 0 Å². The lowest BCUT2D eigenvalue weighted by atomic mass is 10.3. The fourth-order valence-corrected chi connectivity index (χ4v) is 1.14. The summed E-state index contributed by atoms with van der Waals surface area (Å²) < 4.78 is 10.5. The average molecular weight is 220 g/mol. The van der Waals surface area contributed by atoms with E-state index in [1.165, 1.54) is 0 Å². The molecule has 5 heteroatoms.